The largest absolute Gasteiger partial charge is 0.461 e. The Morgan fingerprint density at radius 1 is 1.17 bits per heavy atom. The summed E-state index contributed by atoms with van der Waals surface area (Å²) < 4.78 is 5.92. The van der Waals surface area contributed by atoms with Crippen molar-refractivity contribution in [2.75, 3.05) is 40.3 Å². The lowest BCUT2D eigenvalue weighted by atomic mass is 9.94. The summed E-state index contributed by atoms with van der Waals surface area (Å²) in [4.78, 5) is 7.27. The van der Waals surface area contributed by atoms with Gasteiger partial charge in [-0.2, -0.15) is 5.06 Å². The van der Waals surface area contributed by atoms with Crippen LogP contribution in [0, 0.1) is 0 Å². The molecule has 3 rings (SSSR count). The molecule has 2 heterocycles. The van der Waals surface area contributed by atoms with E-state index in [1.807, 2.05) is 17.2 Å². The molecule has 2 aromatic rings. The Morgan fingerprint density at radius 3 is 2.35 bits per heavy atom. The molecule has 1 fully saturated rings. The summed E-state index contributed by atoms with van der Waals surface area (Å²) in [5.74, 6) is 1.79. The molecule has 23 heavy (non-hydrogen) atoms. The number of benzene rings is 1. The van der Waals surface area contributed by atoms with Gasteiger partial charge in [-0.3, -0.25) is 0 Å². The molecule has 0 amide bonds. The lowest BCUT2D eigenvalue weighted by Crippen LogP contribution is -2.29. The molecule has 0 saturated carbocycles. The average Bonchev–Trinajstić information content (AvgIpc) is 3.02. The van der Waals surface area contributed by atoms with Crippen LogP contribution in [0.5, 0.6) is 0 Å². The lowest BCUT2D eigenvalue weighted by molar-refractivity contribution is -0.123. The number of furan rings is 1. The normalized spacial score (nSPS) is 16.6. The van der Waals surface area contributed by atoms with E-state index in [0.29, 0.717) is 5.92 Å². The second-order valence-corrected chi connectivity index (χ2v) is 6.06. The minimum absolute atomic E-state index is 0.614. The summed E-state index contributed by atoms with van der Waals surface area (Å²) in [6.07, 6.45) is 2.44. The highest BCUT2D eigenvalue weighted by Gasteiger charge is 2.21. The molecule has 0 spiro atoms. The van der Waals surface area contributed by atoms with E-state index in [1.54, 1.807) is 7.11 Å². The highest BCUT2D eigenvalue weighted by atomic mass is 16.7. The molecule has 0 bridgehead atoms. The summed E-state index contributed by atoms with van der Waals surface area (Å²) in [6.45, 7) is 8.42. The molecule has 1 aliphatic rings. The van der Waals surface area contributed by atoms with Crippen LogP contribution in [-0.4, -0.2) is 50.3 Å². The van der Waals surface area contributed by atoms with Crippen molar-refractivity contribution in [2.24, 2.45) is 0 Å². The Bertz CT molecular complexity index is 531. The SMILES string of the molecule is CCN(CC)OC.CN1CCC(c2cc3ccccc3o2)CC1. The first-order valence-corrected chi connectivity index (χ1v) is 8.64. The Morgan fingerprint density at radius 2 is 1.83 bits per heavy atom. The molecule has 0 unspecified atom stereocenters. The maximum atomic E-state index is 5.92. The fourth-order valence-corrected chi connectivity index (χ4v) is 2.98. The molecule has 0 N–H and O–H groups in total. The molecule has 1 aromatic heterocycles. The van der Waals surface area contributed by atoms with E-state index in [9.17, 15) is 0 Å². The van der Waals surface area contributed by atoms with E-state index in [0.717, 1.165) is 18.7 Å². The highest BCUT2D eigenvalue weighted by Crippen LogP contribution is 2.31. The third-order valence-corrected chi connectivity index (χ3v) is 4.53. The minimum Gasteiger partial charge on any atom is -0.461 e. The molecule has 0 aliphatic carbocycles. The van der Waals surface area contributed by atoms with E-state index in [-0.39, 0.29) is 0 Å². The van der Waals surface area contributed by atoms with Gasteiger partial charge in [0.1, 0.15) is 11.3 Å². The summed E-state index contributed by atoms with van der Waals surface area (Å²) in [5.41, 5.74) is 1.02. The van der Waals surface area contributed by atoms with Gasteiger partial charge in [-0.05, 0) is 45.1 Å². The number of piperidine rings is 1. The van der Waals surface area contributed by atoms with Gasteiger partial charge in [0.15, 0.2) is 0 Å². The highest BCUT2D eigenvalue weighted by molar-refractivity contribution is 5.77. The molecular weight excluding hydrogens is 288 g/mol. The first kappa shape index (κ1) is 18.0. The molecule has 0 atom stereocenters. The van der Waals surface area contributed by atoms with Gasteiger partial charge in [0.05, 0.1) is 7.11 Å². The van der Waals surface area contributed by atoms with E-state index in [4.69, 9.17) is 9.25 Å². The number of nitrogens with zero attached hydrogens (tertiary/aromatic N) is 2. The molecule has 0 radical (unpaired) electrons. The van der Waals surface area contributed by atoms with Crippen molar-refractivity contribution in [1.82, 2.24) is 9.96 Å². The number of rotatable bonds is 4. The number of hydroxylamine groups is 2. The number of likely N-dealkylation sites (tertiary alicyclic amines) is 1. The zero-order chi connectivity index (χ0) is 16.7. The van der Waals surface area contributed by atoms with Gasteiger partial charge in [0.2, 0.25) is 0 Å². The quantitative estimate of drug-likeness (QED) is 0.793. The molecule has 4 heteroatoms. The van der Waals surface area contributed by atoms with Crippen molar-refractivity contribution in [1.29, 1.82) is 0 Å². The number of para-hydroxylation sites is 1. The standard InChI is InChI=1S/C14H17NO.C5H13NO/c1-15-8-6-11(7-9-15)14-10-12-4-2-3-5-13(12)16-14;1-4-6(5-2)7-3/h2-5,10-11H,6-9H2,1H3;4-5H2,1-3H3. The van der Waals surface area contributed by atoms with Gasteiger partial charge in [-0.15, -0.1) is 0 Å². The minimum atomic E-state index is 0.614. The molecule has 1 aliphatic heterocycles. The van der Waals surface area contributed by atoms with Gasteiger partial charge in [0.25, 0.3) is 0 Å². The topological polar surface area (TPSA) is 28.9 Å². The van der Waals surface area contributed by atoms with Crippen molar-refractivity contribution in [2.45, 2.75) is 32.6 Å². The fourth-order valence-electron chi connectivity index (χ4n) is 2.98. The van der Waals surface area contributed by atoms with Crippen LogP contribution in [0.25, 0.3) is 11.0 Å². The van der Waals surface area contributed by atoms with E-state index in [2.05, 4.69) is 44.0 Å². The molecule has 128 valence electrons. The van der Waals surface area contributed by atoms with Gasteiger partial charge >= 0.3 is 0 Å². The van der Waals surface area contributed by atoms with Crippen molar-refractivity contribution in [3.8, 4) is 0 Å². The van der Waals surface area contributed by atoms with Crippen LogP contribution < -0.4 is 0 Å². The van der Waals surface area contributed by atoms with Gasteiger partial charge in [-0.25, -0.2) is 0 Å². The second kappa shape index (κ2) is 9.06. The first-order valence-electron chi connectivity index (χ1n) is 8.64. The van der Waals surface area contributed by atoms with E-state index >= 15 is 0 Å². The maximum absolute atomic E-state index is 5.92. The van der Waals surface area contributed by atoms with Crippen LogP contribution in [0.3, 0.4) is 0 Å². The van der Waals surface area contributed by atoms with Crippen molar-refractivity contribution >= 4 is 11.0 Å². The van der Waals surface area contributed by atoms with Gasteiger partial charge in [-0.1, -0.05) is 32.0 Å². The van der Waals surface area contributed by atoms with Crippen molar-refractivity contribution < 1.29 is 9.25 Å². The first-order chi connectivity index (χ1) is 11.2. The molecular formula is C19H30N2O2. The van der Waals surface area contributed by atoms with E-state index in [1.165, 1.54) is 37.1 Å². The zero-order valence-electron chi connectivity index (χ0n) is 14.9. The second-order valence-electron chi connectivity index (χ2n) is 6.06. The van der Waals surface area contributed by atoms with Gasteiger partial charge < -0.3 is 14.2 Å². The van der Waals surface area contributed by atoms with Crippen LogP contribution >= 0.6 is 0 Å². The summed E-state index contributed by atoms with van der Waals surface area (Å²) >= 11 is 0. The smallest absolute Gasteiger partial charge is 0.134 e. The van der Waals surface area contributed by atoms with Crippen LogP contribution in [0.15, 0.2) is 34.7 Å². The lowest BCUT2D eigenvalue weighted by Gasteiger charge is -2.27. The number of fused-ring (bicyclic) bond motifs is 1. The Kier molecular flexibility index (Phi) is 7.09. The average molecular weight is 318 g/mol. The Balaban J connectivity index is 0.000000236. The summed E-state index contributed by atoms with van der Waals surface area (Å²) in [5, 5.41) is 3.11. The Labute approximate surface area is 140 Å². The van der Waals surface area contributed by atoms with Crippen molar-refractivity contribution in [3.63, 3.8) is 0 Å². The number of hydrogen-bond donors (Lipinski definition) is 0. The third-order valence-electron chi connectivity index (χ3n) is 4.53. The molecule has 1 aromatic carbocycles. The van der Waals surface area contributed by atoms with Crippen molar-refractivity contribution in [3.05, 3.63) is 36.1 Å². The monoisotopic (exact) mass is 318 g/mol. The Hall–Kier alpha value is -1.36. The van der Waals surface area contributed by atoms with E-state index < -0.39 is 0 Å². The number of hydrogen-bond acceptors (Lipinski definition) is 4. The summed E-state index contributed by atoms with van der Waals surface area (Å²) in [7, 11) is 3.88. The third kappa shape index (κ3) is 5.06. The predicted molar refractivity (Wildman–Crippen MR) is 95.6 cm³/mol. The molecule has 4 nitrogen and oxygen atoms in total. The van der Waals surface area contributed by atoms with Crippen LogP contribution in [0.1, 0.15) is 38.4 Å². The molecule has 1 saturated heterocycles. The predicted octanol–water partition coefficient (Wildman–Crippen LogP) is 4.13. The van der Waals surface area contributed by atoms with Gasteiger partial charge in [0, 0.05) is 24.4 Å². The van der Waals surface area contributed by atoms with Crippen LogP contribution in [-0.2, 0) is 4.84 Å². The fraction of sp³-hybridized carbons (Fsp3) is 0.579. The van der Waals surface area contributed by atoms with Crippen LogP contribution in [0.2, 0.25) is 0 Å². The zero-order valence-corrected chi connectivity index (χ0v) is 14.9. The van der Waals surface area contributed by atoms with Crippen LogP contribution in [0.4, 0.5) is 0 Å². The summed E-state index contributed by atoms with van der Waals surface area (Å²) in [6, 6.07) is 10.5. The maximum Gasteiger partial charge on any atom is 0.134 e.